The first-order valence-corrected chi connectivity index (χ1v) is 12.3. The fourth-order valence-corrected chi connectivity index (χ4v) is 4.27. The summed E-state index contributed by atoms with van der Waals surface area (Å²) in [6.45, 7) is 3.18. The van der Waals surface area contributed by atoms with E-state index in [1.807, 2.05) is 42.7 Å². The molecule has 0 spiro atoms. The maximum Gasteiger partial charge on any atom is 0.407 e. The third kappa shape index (κ3) is 5.87. The summed E-state index contributed by atoms with van der Waals surface area (Å²) >= 11 is 1.56. The third-order valence-electron chi connectivity index (χ3n) is 5.85. The summed E-state index contributed by atoms with van der Waals surface area (Å²) in [5.41, 5.74) is 3.39. The number of thioether (sulfide) groups is 1. The first-order chi connectivity index (χ1) is 15.7. The highest BCUT2D eigenvalue weighted by Crippen LogP contribution is 2.44. The fraction of sp³-hybridized carbons (Fsp3) is 0.400. The lowest BCUT2D eigenvalue weighted by atomic mass is 9.94. The number of rotatable bonds is 10. The van der Waals surface area contributed by atoms with Gasteiger partial charge in [0.15, 0.2) is 0 Å². The van der Waals surface area contributed by atoms with Gasteiger partial charge in [-0.3, -0.25) is 9.59 Å². The summed E-state index contributed by atoms with van der Waals surface area (Å²) in [5, 5.41) is 14.5. The van der Waals surface area contributed by atoms with Gasteiger partial charge in [-0.05, 0) is 54.5 Å². The number of benzene rings is 2. The van der Waals surface area contributed by atoms with Crippen LogP contribution >= 0.6 is 11.8 Å². The summed E-state index contributed by atoms with van der Waals surface area (Å²) in [4.78, 5) is 36.6. The van der Waals surface area contributed by atoms with Gasteiger partial charge in [-0.1, -0.05) is 48.5 Å². The number of carbonyl (C=O) groups is 3. The van der Waals surface area contributed by atoms with Gasteiger partial charge in [-0.15, -0.1) is 0 Å². The van der Waals surface area contributed by atoms with E-state index in [0.717, 1.165) is 22.3 Å². The lowest BCUT2D eigenvalue weighted by Gasteiger charge is -2.23. The van der Waals surface area contributed by atoms with E-state index in [9.17, 15) is 19.5 Å². The van der Waals surface area contributed by atoms with E-state index in [1.165, 1.54) is 13.8 Å². The summed E-state index contributed by atoms with van der Waals surface area (Å²) in [6, 6.07) is 15.3. The van der Waals surface area contributed by atoms with Crippen LogP contribution in [-0.4, -0.2) is 54.3 Å². The molecule has 7 nitrogen and oxygen atoms in total. The maximum atomic E-state index is 12.7. The minimum Gasteiger partial charge on any atom is -0.481 e. The van der Waals surface area contributed by atoms with Crippen molar-refractivity contribution in [3.63, 3.8) is 0 Å². The number of hydrogen-bond acceptors (Lipinski definition) is 5. The van der Waals surface area contributed by atoms with Crippen LogP contribution in [0.15, 0.2) is 48.5 Å². The van der Waals surface area contributed by atoms with Gasteiger partial charge in [0.25, 0.3) is 0 Å². The van der Waals surface area contributed by atoms with Crippen LogP contribution in [0.3, 0.4) is 0 Å². The van der Waals surface area contributed by atoms with Crippen molar-refractivity contribution in [1.29, 1.82) is 0 Å². The molecule has 0 aromatic heterocycles. The SMILES string of the molecule is CSCC[C@@H](NC(=O)OCC1c2ccccc2-c2ccccc21)C(=O)NCC(C)(C)C(=O)O. The van der Waals surface area contributed by atoms with Crippen molar-refractivity contribution in [2.75, 3.05) is 25.2 Å². The van der Waals surface area contributed by atoms with Gasteiger partial charge in [0.2, 0.25) is 5.91 Å². The van der Waals surface area contributed by atoms with Crippen LogP contribution < -0.4 is 10.6 Å². The van der Waals surface area contributed by atoms with Crippen LogP contribution in [0.5, 0.6) is 0 Å². The number of fused-ring (bicyclic) bond motifs is 3. The lowest BCUT2D eigenvalue weighted by Crippen LogP contribution is -2.50. The van der Waals surface area contributed by atoms with Gasteiger partial charge in [0.05, 0.1) is 5.41 Å². The summed E-state index contributed by atoms with van der Waals surface area (Å²) in [6.07, 6.45) is 1.65. The van der Waals surface area contributed by atoms with Crippen LogP contribution in [0.4, 0.5) is 4.79 Å². The molecule has 1 aliphatic rings. The van der Waals surface area contributed by atoms with E-state index < -0.39 is 29.4 Å². The highest BCUT2D eigenvalue weighted by atomic mass is 32.2. The number of amides is 2. The average Bonchev–Trinajstić information content (AvgIpc) is 3.12. The maximum absolute atomic E-state index is 12.7. The topological polar surface area (TPSA) is 105 Å². The van der Waals surface area contributed by atoms with E-state index in [0.29, 0.717) is 12.2 Å². The molecule has 0 bridgehead atoms. The number of alkyl carbamates (subject to hydrolysis) is 1. The third-order valence-corrected chi connectivity index (χ3v) is 6.49. The minimum absolute atomic E-state index is 0.0384. The van der Waals surface area contributed by atoms with Crippen LogP contribution in [0.1, 0.15) is 37.3 Å². The molecule has 0 aliphatic heterocycles. The molecular formula is C25H30N2O5S. The molecule has 8 heteroatoms. The second-order valence-electron chi connectivity index (χ2n) is 8.71. The molecule has 0 saturated carbocycles. The van der Waals surface area contributed by atoms with Crippen molar-refractivity contribution in [1.82, 2.24) is 10.6 Å². The highest BCUT2D eigenvalue weighted by Gasteiger charge is 2.31. The zero-order valence-electron chi connectivity index (χ0n) is 19.1. The van der Waals surface area contributed by atoms with Gasteiger partial charge in [-0.2, -0.15) is 11.8 Å². The first-order valence-electron chi connectivity index (χ1n) is 10.9. The summed E-state index contributed by atoms with van der Waals surface area (Å²) < 4.78 is 5.55. The molecule has 2 amide bonds. The number of ether oxygens (including phenoxy) is 1. The van der Waals surface area contributed by atoms with Crippen molar-refractivity contribution in [3.8, 4) is 11.1 Å². The molecule has 0 saturated heterocycles. The van der Waals surface area contributed by atoms with Gasteiger partial charge < -0.3 is 20.5 Å². The Kier molecular flexibility index (Phi) is 8.02. The van der Waals surface area contributed by atoms with Crippen molar-refractivity contribution in [3.05, 3.63) is 59.7 Å². The number of hydrogen-bond donors (Lipinski definition) is 3. The number of carboxylic acid groups (broad SMARTS) is 1. The Morgan fingerprint density at radius 1 is 1.06 bits per heavy atom. The molecule has 2 aromatic carbocycles. The molecule has 0 fully saturated rings. The predicted molar refractivity (Wildman–Crippen MR) is 129 cm³/mol. The van der Waals surface area contributed by atoms with Crippen molar-refractivity contribution >= 4 is 29.7 Å². The van der Waals surface area contributed by atoms with E-state index in [4.69, 9.17) is 4.74 Å². The van der Waals surface area contributed by atoms with Crippen LogP contribution in [0.25, 0.3) is 11.1 Å². The molecule has 0 unspecified atom stereocenters. The van der Waals surface area contributed by atoms with Crippen LogP contribution in [-0.2, 0) is 14.3 Å². The summed E-state index contributed by atoms with van der Waals surface area (Å²) in [7, 11) is 0. The number of nitrogens with one attached hydrogen (secondary N) is 2. The average molecular weight is 471 g/mol. The normalized spacial score (nSPS) is 13.5. The van der Waals surface area contributed by atoms with Gasteiger partial charge in [-0.25, -0.2) is 4.79 Å². The first kappa shape index (κ1) is 24.6. The Labute approximate surface area is 198 Å². The molecule has 0 heterocycles. The second-order valence-corrected chi connectivity index (χ2v) is 9.70. The minimum atomic E-state index is -1.11. The smallest absolute Gasteiger partial charge is 0.407 e. The van der Waals surface area contributed by atoms with Gasteiger partial charge in [0.1, 0.15) is 12.6 Å². The monoisotopic (exact) mass is 470 g/mol. The molecular weight excluding hydrogens is 440 g/mol. The fourth-order valence-electron chi connectivity index (χ4n) is 3.79. The highest BCUT2D eigenvalue weighted by molar-refractivity contribution is 7.98. The van der Waals surface area contributed by atoms with Crippen molar-refractivity contribution < 1.29 is 24.2 Å². The van der Waals surface area contributed by atoms with E-state index in [-0.39, 0.29) is 19.1 Å². The standard InChI is InChI=1S/C25H30N2O5S/c1-25(2,23(29)30)15-26-22(28)21(12-13-33-3)27-24(31)32-14-20-18-10-6-4-8-16(18)17-9-5-7-11-19(17)20/h4-11,20-21H,12-15H2,1-3H3,(H,26,28)(H,27,31)(H,29,30)/t21-/m1/s1. The van der Waals surface area contributed by atoms with E-state index in [1.54, 1.807) is 11.8 Å². The van der Waals surface area contributed by atoms with E-state index >= 15 is 0 Å². The molecule has 176 valence electrons. The zero-order chi connectivity index (χ0) is 24.0. The number of aliphatic carboxylic acids is 1. The molecule has 3 rings (SSSR count). The number of carbonyl (C=O) groups excluding carboxylic acids is 2. The quantitative estimate of drug-likeness (QED) is 0.487. The molecule has 2 aromatic rings. The van der Waals surface area contributed by atoms with Crippen LogP contribution in [0.2, 0.25) is 0 Å². The van der Waals surface area contributed by atoms with Gasteiger partial charge >= 0.3 is 12.1 Å². The molecule has 1 aliphatic carbocycles. The lowest BCUT2D eigenvalue weighted by molar-refractivity contribution is -0.146. The Morgan fingerprint density at radius 2 is 1.64 bits per heavy atom. The van der Waals surface area contributed by atoms with Gasteiger partial charge in [0, 0.05) is 12.5 Å². The zero-order valence-corrected chi connectivity index (χ0v) is 19.9. The predicted octanol–water partition coefficient (Wildman–Crippen LogP) is 3.87. The molecule has 1 atom stereocenters. The number of carboxylic acids is 1. The Balaban J connectivity index is 1.63. The van der Waals surface area contributed by atoms with Crippen molar-refractivity contribution in [2.45, 2.75) is 32.2 Å². The molecule has 33 heavy (non-hydrogen) atoms. The van der Waals surface area contributed by atoms with E-state index in [2.05, 4.69) is 22.8 Å². The summed E-state index contributed by atoms with van der Waals surface area (Å²) in [5.74, 6) is -0.845. The second kappa shape index (κ2) is 10.7. The molecule has 3 N–H and O–H groups in total. The Hall–Kier alpha value is -3.00. The Morgan fingerprint density at radius 3 is 2.18 bits per heavy atom. The Bertz CT molecular complexity index is 978. The largest absolute Gasteiger partial charge is 0.481 e. The van der Waals surface area contributed by atoms with Crippen molar-refractivity contribution in [2.24, 2.45) is 5.41 Å². The molecule has 0 radical (unpaired) electrons. The van der Waals surface area contributed by atoms with Crippen LogP contribution in [0, 0.1) is 5.41 Å².